The van der Waals surface area contributed by atoms with Gasteiger partial charge in [0.25, 0.3) is 11.1 Å². The van der Waals surface area contributed by atoms with Crippen LogP contribution in [0.4, 0.5) is 0 Å². The van der Waals surface area contributed by atoms with Crippen LogP contribution in [0.25, 0.3) is 22.3 Å². The van der Waals surface area contributed by atoms with Crippen LogP contribution in [0.3, 0.4) is 0 Å². The number of likely N-dealkylation sites (N-methyl/N-ethyl adjacent to an activating group) is 2. The highest BCUT2D eigenvalue weighted by Gasteiger charge is 2.26. The van der Waals surface area contributed by atoms with Gasteiger partial charge in [0.2, 0.25) is 0 Å². The van der Waals surface area contributed by atoms with E-state index in [-0.39, 0.29) is 22.5 Å². The maximum Gasteiger partial charge on any atom is 0.332 e. The molecule has 0 radical (unpaired) electrons. The Hall–Kier alpha value is -3.78. The Bertz CT molecular complexity index is 1760. The standard InChI is InChI=1S/C32H54N10O4/c1-9-41(10-2,21-17-39-29(43)25-27(33-23-35(25)5)37(7)31(39)45)19-15-13-14-16-20-42(11-3,12-4)22-18-40-30(44)26-28(34-24-36(26)6)38(8)32(40)46/h23-24H,9-22H2,1-8H3/q+2. The predicted octanol–water partition coefficient (Wildman–Crippen LogP) is 1.15. The first-order chi connectivity index (χ1) is 21.9. The molecule has 14 nitrogen and oxygen atoms in total. The zero-order chi connectivity index (χ0) is 33.8. The number of hydrogen-bond donors (Lipinski definition) is 0. The van der Waals surface area contributed by atoms with Gasteiger partial charge in [-0.3, -0.25) is 27.9 Å². The number of aryl methyl sites for hydroxylation is 4. The number of aromatic nitrogens is 8. The van der Waals surface area contributed by atoms with Gasteiger partial charge in [-0.2, -0.15) is 0 Å². The van der Waals surface area contributed by atoms with E-state index in [4.69, 9.17) is 0 Å². The van der Waals surface area contributed by atoms with Gasteiger partial charge in [-0.25, -0.2) is 19.6 Å². The second-order valence-electron chi connectivity index (χ2n) is 12.9. The molecule has 254 valence electrons. The Kier molecular flexibility index (Phi) is 10.9. The summed E-state index contributed by atoms with van der Waals surface area (Å²) in [5, 5.41) is 0. The van der Waals surface area contributed by atoms with Crippen molar-refractivity contribution in [3.8, 4) is 0 Å². The predicted molar refractivity (Wildman–Crippen MR) is 181 cm³/mol. The summed E-state index contributed by atoms with van der Waals surface area (Å²) in [4.78, 5) is 61.0. The molecule has 4 aromatic rings. The molecule has 0 aromatic carbocycles. The van der Waals surface area contributed by atoms with Gasteiger partial charge < -0.3 is 18.1 Å². The molecule has 0 spiro atoms. The lowest BCUT2D eigenvalue weighted by Gasteiger charge is -2.38. The zero-order valence-corrected chi connectivity index (χ0v) is 29.2. The van der Waals surface area contributed by atoms with Crippen LogP contribution in [-0.2, 0) is 41.3 Å². The van der Waals surface area contributed by atoms with Crippen LogP contribution in [0.15, 0.2) is 31.8 Å². The number of nitrogens with zero attached hydrogens (tertiary/aromatic N) is 10. The average molecular weight is 643 g/mol. The van der Waals surface area contributed by atoms with Crippen LogP contribution in [-0.4, -0.2) is 98.7 Å². The van der Waals surface area contributed by atoms with Gasteiger partial charge in [0, 0.05) is 28.2 Å². The van der Waals surface area contributed by atoms with Crippen molar-refractivity contribution in [2.45, 2.75) is 66.5 Å². The third-order valence-electron chi connectivity index (χ3n) is 10.7. The first kappa shape index (κ1) is 35.1. The van der Waals surface area contributed by atoms with Crippen molar-refractivity contribution in [2.24, 2.45) is 28.2 Å². The molecule has 0 fully saturated rings. The molecular weight excluding hydrogens is 588 g/mol. The summed E-state index contributed by atoms with van der Waals surface area (Å²) in [6, 6.07) is 0. The molecule has 0 atom stereocenters. The number of rotatable bonds is 17. The number of hydrogen-bond acceptors (Lipinski definition) is 6. The van der Waals surface area contributed by atoms with Crippen molar-refractivity contribution in [3.63, 3.8) is 0 Å². The van der Waals surface area contributed by atoms with E-state index in [0.29, 0.717) is 35.4 Å². The second-order valence-corrected chi connectivity index (χ2v) is 12.9. The number of imidazole rings is 2. The third kappa shape index (κ3) is 6.55. The Morgan fingerprint density at radius 1 is 0.543 bits per heavy atom. The van der Waals surface area contributed by atoms with Gasteiger partial charge in [-0.15, -0.1) is 0 Å². The SMILES string of the molecule is CC[N+](CC)(CCCCCC[N+](CC)(CC)CCn1c(=O)c2c(ncn2C)n(C)c1=O)CCn1c(=O)c2c(ncn2C)n(C)c1=O. The largest absolute Gasteiger partial charge is 0.332 e. The molecule has 4 aromatic heterocycles. The van der Waals surface area contributed by atoms with E-state index < -0.39 is 0 Å². The fourth-order valence-corrected chi connectivity index (χ4v) is 6.99. The van der Waals surface area contributed by atoms with Gasteiger partial charge in [-0.1, -0.05) is 0 Å². The lowest BCUT2D eigenvalue weighted by molar-refractivity contribution is -0.926. The number of unbranched alkanes of at least 4 members (excludes halogenated alkanes) is 3. The maximum absolute atomic E-state index is 13.2. The van der Waals surface area contributed by atoms with Crippen LogP contribution in [0, 0.1) is 0 Å². The fourth-order valence-electron chi connectivity index (χ4n) is 6.99. The summed E-state index contributed by atoms with van der Waals surface area (Å²) in [5.74, 6) is 0. The molecule has 0 unspecified atom stereocenters. The van der Waals surface area contributed by atoms with Gasteiger partial charge >= 0.3 is 11.4 Å². The van der Waals surface area contributed by atoms with Gasteiger partial charge in [-0.05, 0) is 53.4 Å². The average Bonchev–Trinajstić information content (AvgIpc) is 3.65. The minimum atomic E-state index is -0.322. The highest BCUT2D eigenvalue weighted by molar-refractivity contribution is 5.70. The van der Waals surface area contributed by atoms with Crippen molar-refractivity contribution in [1.82, 2.24) is 37.4 Å². The summed E-state index contributed by atoms with van der Waals surface area (Å²) >= 11 is 0. The Morgan fingerprint density at radius 3 is 1.22 bits per heavy atom. The molecule has 0 saturated heterocycles. The van der Waals surface area contributed by atoms with Crippen molar-refractivity contribution < 1.29 is 8.97 Å². The van der Waals surface area contributed by atoms with Gasteiger partial charge in [0.1, 0.15) is 0 Å². The normalized spacial score (nSPS) is 12.6. The van der Waals surface area contributed by atoms with E-state index in [0.717, 1.165) is 87.0 Å². The van der Waals surface area contributed by atoms with E-state index in [9.17, 15) is 19.2 Å². The lowest BCUT2D eigenvalue weighted by Crippen LogP contribution is -2.52. The molecule has 0 aliphatic rings. The zero-order valence-electron chi connectivity index (χ0n) is 29.2. The molecule has 4 heterocycles. The minimum Gasteiger partial charge on any atom is -0.328 e. The van der Waals surface area contributed by atoms with E-state index in [1.54, 1.807) is 50.0 Å². The van der Waals surface area contributed by atoms with Crippen LogP contribution in [0.5, 0.6) is 0 Å². The molecule has 0 saturated carbocycles. The first-order valence-corrected chi connectivity index (χ1v) is 16.8. The van der Waals surface area contributed by atoms with E-state index >= 15 is 0 Å². The molecule has 0 aliphatic heterocycles. The quantitative estimate of drug-likeness (QED) is 0.126. The smallest absolute Gasteiger partial charge is 0.328 e. The van der Waals surface area contributed by atoms with E-state index in [1.165, 1.54) is 18.3 Å². The summed E-state index contributed by atoms with van der Waals surface area (Å²) in [7, 11) is 6.89. The topological polar surface area (TPSA) is 124 Å². The van der Waals surface area contributed by atoms with Crippen LogP contribution >= 0.6 is 0 Å². The van der Waals surface area contributed by atoms with Crippen LogP contribution in [0.1, 0.15) is 53.4 Å². The Labute approximate surface area is 269 Å². The van der Waals surface area contributed by atoms with Crippen molar-refractivity contribution in [3.05, 3.63) is 54.3 Å². The summed E-state index contributed by atoms with van der Waals surface area (Å²) in [6.07, 6.45) is 7.50. The van der Waals surface area contributed by atoms with Crippen molar-refractivity contribution in [2.75, 3.05) is 52.4 Å². The third-order valence-corrected chi connectivity index (χ3v) is 10.7. The highest BCUT2D eigenvalue weighted by Crippen LogP contribution is 2.15. The van der Waals surface area contributed by atoms with Crippen LogP contribution in [0.2, 0.25) is 0 Å². The monoisotopic (exact) mass is 642 g/mol. The second kappa shape index (κ2) is 14.3. The van der Waals surface area contributed by atoms with E-state index in [1.807, 2.05) is 0 Å². The molecule has 0 bridgehead atoms. The number of quaternary nitrogens is 2. The fraction of sp³-hybridized carbons (Fsp3) is 0.688. The number of fused-ring (bicyclic) bond motifs is 2. The molecule has 46 heavy (non-hydrogen) atoms. The first-order valence-electron chi connectivity index (χ1n) is 16.8. The maximum atomic E-state index is 13.2. The van der Waals surface area contributed by atoms with E-state index in [2.05, 4.69) is 37.7 Å². The summed E-state index contributed by atoms with van der Waals surface area (Å²) < 4.78 is 10.7. The highest BCUT2D eigenvalue weighted by atomic mass is 16.2. The van der Waals surface area contributed by atoms with Gasteiger partial charge in [0.05, 0.1) is 78.1 Å². The molecule has 0 amide bonds. The molecule has 14 heteroatoms. The molecule has 0 N–H and O–H groups in total. The lowest BCUT2D eigenvalue weighted by atomic mass is 10.1. The molecule has 4 rings (SSSR count). The summed E-state index contributed by atoms with van der Waals surface area (Å²) in [6.45, 7) is 16.7. The molecular formula is C32H54N10O4+2. The van der Waals surface area contributed by atoms with Gasteiger partial charge in [0.15, 0.2) is 22.3 Å². The molecule has 0 aliphatic carbocycles. The Balaban J connectivity index is 1.33. The Morgan fingerprint density at radius 2 is 0.891 bits per heavy atom. The summed E-state index contributed by atoms with van der Waals surface area (Å²) in [5.41, 5.74) is 0.531. The van der Waals surface area contributed by atoms with Crippen LogP contribution < -0.4 is 22.5 Å². The minimum absolute atomic E-state index is 0.278. The van der Waals surface area contributed by atoms with Crippen molar-refractivity contribution in [1.29, 1.82) is 0 Å². The van der Waals surface area contributed by atoms with Crippen molar-refractivity contribution >= 4 is 22.3 Å².